The Labute approximate surface area is 123 Å². The number of carbonyl (C=O) groups is 1. The van der Waals surface area contributed by atoms with E-state index in [0.29, 0.717) is 17.4 Å². The van der Waals surface area contributed by atoms with Crippen molar-refractivity contribution in [3.8, 4) is 0 Å². The zero-order chi connectivity index (χ0) is 15.0. The van der Waals surface area contributed by atoms with Crippen LogP contribution in [0.4, 0.5) is 15.8 Å². The second kappa shape index (κ2) is 5.52. The first-order valence-corrected chi connectivity index (χ1v) is 7.37. The number of carboxylic acid groups (broad SMARTS) is 1. The van der Waals surface area contributed by atoms with E-state index in [-0.39, 0.29) is 5.56 Å². The highest BCUT2D eigenvalue weighted by Gasteiger charge is 2.29. The van der Waals surface area contributed by atoms with E-state index in [4.69, 9.17) is 10.8 Å². The lowest BCUT2D eigenvalue weighted by Gasteiger charge is -2.28. The highest BCUT2D eigenvalue weighted by Crippen LogP contribution is 2.30. The lowest BCUT2D eigenvalue weighted by Crippen LogP contribution is -2.37. The van der Waals surface area contributed by atoms with Crippen molar-refractivity contribution in [2.24, 2.45) is 0 Å². The number of halogens is 1. The molecule has 0 spiro atoms. The summed E-state index contributed by atoms with van der Waals surface area (Å²) in [7, 11) is 0. The Balaban J connectivity index is 1.89. The van der Waals surface area contributed by atoms with Crippen LogP contribution in [0.5, 0.6) is 0 Å². The molecule has 1 aromatic rings. The number of nitrogens with zero attached hydrogens (tertiary/aromatic N) is 2. The fourth-order valence-corrected chi connectivity index (χ4v) is 3.44. The van der Waals surface area contributed by atoms with Crippen LogP contribution in [0.15, 0.2) is 12.1 Å². The van der Waals surface area contributed by atoms with Crippen LogP contribution >= 0.6 is 0 Å². The maximum atomic E-state index is 13.9. The fourth-order valence-electron chi connectivity index (χ4n) is 3.44. The van der Waals surface area contributed by atoms with E-state index in [1.165, 1.54) is 18.6 Å². The molecule has 3 N–H and O–H groups in total. The molecule has 0 aliphatic carbocycles. The van der Waals surface area contributed by atoms with Gasteiger partial charge in [-0.3, -0.25) is 4.90 Å². The Morgan fingerprint density at radius 2 is 2.05 bits per heavy atom. The lowest BCUT2D eigenvalue weighted by atomic mass is 10.1. The molecule has 0 radical (unpaired) electrons. The molecule has 2 aliphatic rings. The predicted molar refractivity (Wildman–Crippen MR) is 79.2 cm³/mol. The minimum atomic E-state index is -1.29. The van der Waals surface area contributed by atoms with E-state index < -0.39 is 11.8 Å². The van der Waals surface area contributed by atoms with Gasteiger partial charge in [0.1, 0.15) is 5.82 Å². The Morgan fingerprint density at radius 3 is 2.81 bits per heavy atom. The van der Waals surface area contributed by atoms with Gasteiger partial charge in [-0.15, -0.1) is 0 Å². The zero-order valence-electron chi connectivity index (χ0n) is 11.9. The Morgan fingerprint density at radius 1 is 1.29 bits per heavy atom. The molecule has 2 fully saturated rings. The normalized spacial score (nSPS) is 22.9. The number of benzene rings is 1. The first kappa shape index (κ1) is 14.1. The molecule has 0 amide bonds. The van der Waals surface area contributed by atoms with Crippen molar-refractivity contribution >= 4 is 17.3 Å². The molecule has 6 heteroatoms. The van der Waals surface area contributed by atoms with Gasteiger partial charge in [0.25, 0.3) is 0 Å². The summed E-state index contributed by atoms with van der Waals surface area (Å²) in [5, 5.41) is 8.94. The molecule has 21 heavy (non-hydrogen) atoms. The number of rotatable bonds is 2. The van der Waals surface area contributed by atoms with E-state index in [0.717, 1.165) is 39.0 Å². The molecule has 1 aromatic carbocycles. The lowest BCUT2D eigenvalue weighted by molar-refractivity contribution is 0.0692. The maximum absolute atomic E-state index is 13.9. The fraction of sp³-hybridized carbons (Fsp3) is 0.533. The standard InChI is InChI=1S/C15H20FN3O2/c16-12-8-14(13(17)7-11(12)15(20)21)19-6-2-5-18-4-1-3-10(18)9-19/h7-8,10H,1-6,9,17H2,(H,20,21). The molecule has 2 aliphatic heterocycles. The van der Waals surface area contributed by atoms with E-state index >= 15 is 0 Å². The van der Waals surface area contributed by atoms with Gasteiger partial charge < -0.3 is 15.7 Å². The van der Waals surface area contributed by atoms with Gasteiger partial charge in [-0.1, -0.05) is 0 Å². The Hall–Kier alpha value is -1.82. The average molecular weight is 293 g/mol. The molecule has 0 bridgehead atoms. The summed E-state index contributed by atoms with van der Waals surface area (Å²) in [5.41, 5.74) is 6.55. The van der Waals surface area contributed by atoms with Gasteiger partial charge in [0.05, 0.1) is 16.9 Å². The second-order valence-electron chi connectivity index (χ2n) is 5.83. The van der Waals surface area contributed by atoms with Gasteiger partial charge in [-0.05, 0) is 31.9 Å². The SMILES string of the molecule is Nc1cc(C(=O)O)c(F)cc1N1CCCN2CCCC2C1. The smallest absolute Gasteiger partial charge is 0.338 e. The van der Waals surface area contributed by atoms with Crippen LogP contribution in [0.3, 0.4) is 0 Å². The summed E-state index contributed by atoms with van der Waals surface area (Å²) in [6.07, 6.45) is 3.38. The van der Waals surface area contributed by atoms with E-state index in [1.54, 1.807) is 0 Å². The summed E-state index contributed by atoms with van der Waals surface area (Å²) >= 11 is 0. The van der Waals surface area contributed by atoms with Crippen molar-refractivity contribution in [3.05, 3.63) is 23.5 Å². The summed E-state index contributed by atoms with van der Waals surface area (Å²) in [6.45, 7) is 3.86. The van der Waals surface area contributed by atoms with Gasteiger partial charge >= 0.3 is 5.97 Å². The summed E-state index contributed by atoms with van der Waals surface area (Å²) in [6, 6.07) is 2.99. The quantitative estimate of drug-likeness (QED) is 0.813. The number of hydrogen-bond donors (Lipinski definition) is 2. The number of nitrogens with two attached hydrogens (primary N) is 1. The highest BCUT2D eigenvalue weighted by atomic mass is 19.1. The number of hydrogen-bond acceptors (Lipinski definition) is 4. The third-order valence-corrected chi connectivity index (χ3v) is 4.49. The average Bonchev–Trinajstić information content (AvgIpc) is 2.78. The molecule has 1 unspecified atom stereocenters. The van der Waals surface area contributed by atoms with Gasteiger partial charge in [0.2, 0.25) is 0 Å². The largest absolute Gasteiger partial charge is 0.478 e. The van der Waals surface area contributed by atoms with Crippen molar-refractivity contribution in [2.75, 3.05) is 36.8 Å². The van der Waals surface area contributed by atoms with Gasteiger partial charge in [-0.25, -0.2) is 9.18 Å². The van der Waals surface area contributed by atoms with Gasteiger partial charge in [0.15, 0.2) is 0 Å². The molecule has 5 nitrogen and oxygen atoms in total. The van der Waals surface area contributed by atoms with Crippen LogP contribution in [0, 0.1) is 5.82 Å². The molecule has 0 aromatic heterocycles. The Bertz CT molecular complexity index is 564. The third kappa shape index (κ3) is 2.68. The van der Waals surface area contributed by atoms with Crippen LogP contribution in [0.1, 0.15) is 29.6 Å². The van der Waals surface area contributed by atoms with Crippen LogP contribution in [0.2, 0.25) is 0 Å². The number of fused-ring (bicyclic) bond motifs is 1. The summed E-state index contributed by atoms with van der Waals surface area (Å²) < 4.78 is 13.9. The van der Waals surface area contributed by atoms with Crippen LogP contribution in [0.25, 0.3) is 0 Å². The van der Waals surface area contributed by atoms with Crippen molar-refractivity contribution in [1.29, 1.82) is 0 Å². The molecule has 3 rings (SSSR count). The number of nitrogen functional groups attached to an aromatic ring is 1. The first-order chi connectivity index (χ1) is 10.1. The van der Waals surface area contributed by atoms with E-state index in [2.05, 4.69) is 9.80 Å². The molecule has 2 saturated heterocycles. The van der Waals surface area contributed by atoms with Gasteiger partial charge in [-0.2, -0.15) is 0 Å². The topological polar surface area (TPSA) is 69.8 Å². The molecule has 1 atom stereocenters. The third-order valence-electron chi connectivity index (χ3n) is 4.49. The van der Waals surface area contributed by atoms with E-state index in [9.17, 15) is 9.18 Å². The van der Waals surface area contributed by atoms with Crippen molar-refractivity contribution < 1.29 is 14.3 Å². The number of aromatic carboxylic acids is 1. The van der Waals surface area contributed by atoms with E-state index in [1.807, 2.05) is 0 Å². The summed E-state index contributed by atoms with van der Waals surface area (Å²) in [5.74, 6) is -2.01. The van der Waals surface area contributed by atoms with Gasteiger partial charge in [0, 0.05) is 31.7 Å². The highest BCUT2D eigenvalue weighted by molar-refractivity contribution is 5.91. The van der Waals surface area contributed by atoms with Crippen molar-refractivity contribution in [3.63, 3.8) is 0 Å². The number of carboxylic acids is 1. The number of anilines is 2. The van der Waals surface area contributed by atoms with Crippen LogP contribution in [-0.4, -0.2) is 48.2 Å². The van der Waals surface area contributed by atoms with Crippen LogP contribution < -0.4 is 10.6 Å². The van der Waals surface area contributed by atoms with Crippen molar-refractivity contribution in [1.82, 2.24) is 4.90 Å². The molecule has 0 saturated carbocycles. The second-order valence-corrected chi connectivity index (χ2v) is 5.83. The van der Waals surface area contributed by atoms with Crippen LogP contribution in [-0.2, 0) is 0 Å². The molecular formula is C15H20FN3O2. The zero-order valence-corrected chi connectivity index (χ0v) is 11.9. The summed E-state index contributed by atoms with van der Waals surface area (Å²) in [4.78, 5) is 15.5. The monoisotopic (exact) mass is 293 g/mol. The Kier molecular flexibility index (Phi) is 3.71. The molecular weight excluding hydrogens is 273 g/mol. The molecule has 114 valence electrons. The minimum absolute atomic E-state index is 0.334. The van der Waals surface area contributed by atoms with Crippen molar-refractivity contribution in [2.45, 2.75) is 25.3 Å². The predicted octanol–water partition coefficient (Wildman–Crippen LogP) is 1.78. The maximum Gasteiger partial charge on any atom is 0.338 e. The minimum Gasteiger partial charge on any atom is -0.478 e. The first-order valence-electron chi connectivity index (χ1n) is 7.37. The molecule has 2 heterocycles.